The first-order valence-electron chi connectivity index (χ1n) is 8.10. The van der Waals surface area contributed by atoms with Gasteiger partial charge in [0.15, 0.2) is 0 Å². The van der Waals surface area contributed by atoms with Crippen LogP contribution in [0.4, 0.5) is 5.82 Å². The standard InChI is InChI=1S/C17H18Cl2N6O/c18-13-2-1-3-14(19)12(13)10-17(26)24-8-6-23(7-9-24)16-5-4-15(21)25(11-20)22-16/h1-5,11,20-21H,6-10H2. The predicted octanol–water partition coefficient (Wildman–Crippen LogP) is 2.02. The lowest BCUT2D eigenvalue weighted by molar-refractivity contribution is -0.130. The van der Waals surface area contributed by atoms with Gasteiger partial charge in [-0.05, 0) is 29.8 Å². The number of nitrogens with zero attached hydrogens (tertiary/aromatic N) is 4. The summed E-state index contributed by atoms with van der Waals surface area (Å²) >= 11 is 12.3. The van der Waals surface area contributed by atoms with Gasteiger partial charge in [0.05, 0.1) is 6.42 Å². The molecule has 0 radical (unpaired) electrons. The molecule has 1 amide bonds. The molecule has 7 nitrogen and oxygen atoms in total. The second-order valence-corrected chi connectivity index (χ2v) is 6.71. The number of piperazine rings is 1. The van der Waals surface area contributed by atoms with Crippen molar-refractivity contribution in [3.63, 3.8) is 0 Å². The van der Waals surface area contributed by atoms with E-state index in [-0.39, 0.29) is 17.8 Å². The lowest BCUT2D eigenvalue weighted by Crippen LogP contribution is -2.49. The van der Waals surface area contributed by atoms with Gasteiger partial charge in [-0.2, -0.15) is 0 Å². The molecular formula is C17H18Cl2N6O. The molecule has 0 atom stereocenters. The molecule has 1 fully saturated rings. The third-order valence-corrected chi connectivity index (χ3v) is 5.02. The molecule has 1 aliphatic heterocycles. The molecule has 1 aliphatic rings. The maximum absolute atomic E-state index is 12.6. The largest absolute Gasteiger partial charge is 0.352 e. The number of amides is 1. The zero-order valence-corrected chi connectivity index (χ0v) is 15.5. The van der Waals surface area contributed by atoms with Crippen LogP contribution in [0.5, 0.6) is 0 Å². The van der Waals surface area contributed by atoms with E-state index in [1.165, 1.54) is 4.68 Å². The van der Waals surface area contributed by atoms with Crippen molar-refractivity contribution in [3.05, 3.63) is 51.4 Å². The van der Waals surface area contributed by atoms with Gasteiger partial charge in [0.2, 0.25) is 5.91 Å². The summed E-state index contributed by atoms with van der Waals surface area (Å²) in [5.74, 6) is 0.675. The third kappa shape index (κ3) is 3.89. The number of anilines is 1. The van der Waals surface area contributed by atoms with Crippen LogP contribution >= 0.6 is 23.2 Å². The molecule has 1 aromatic carbocycles. The second-order valence-electron chi connectivity index (χ2n) is 5.90. The molecule has 2 heterocycles. The number of halogens is 2. The van der Waals surface area contributed by atoms with Crippen molar-refractivity contribution >= 4 is 41.3 Å². The summed E-state index contributed by atoms with van der Waals surface area (Å²) in [7, 11) is 0. The summed E-state index contributed by atoms with van der Waals surface area (Å²) in [6, 6.07) is 8.57. The van der Waals surface area contributed by atoms with Gasteiger partial charge in [-0.3, -0.25) is 15.6 Å². The minimum absolute atomic E-state index is 0.0105. The maximum Gasteiger partial charge on any atom is 0.227 e. The first-order valence-corrected chi connectivity index (χ1v) is 8.86. The van der Waals surface area contributed by atoms with Gasteiger partial charge in [0.1, 0.15) is 17.6 Å². The van der Waals surface area contributed by atoms with E-state index in [4.69, 9.17) is 34.0 Å². The quantitative estimate of drug-likeness (QED) is 0.615. The summed E-state index contributed by atoms with van der Waals surface area (Å²) in [5.41, 5.74) is 0.803. The highest BCUT2D eigenvalue weighted by atomic mass is 35.5. The van der Waals surface area contributed by atoms with Crippen LogP contribution in [0.3, 0.4) is 0 Å². The van der Waals surface area contributed by atoms with Gasteiger partial charge >= 0.3 is 0 Å². The minimum Gasteiger partial charge on any atom is -0.352 e. The molecule has 136 valence electrons. The van der Waals surface area contributed by atoms with Gasteiger partial charge < -0.3 is 9.80 Å². The molecule has 2 aromatic rings. The summed E-state index contributed by atoms with van der Waals surface area (Å²) < 4.78 is 1.20. The fraction of sp³-hybridized carbons (Fsp3) is 0.294. The lowest BCUT2D eigenvalue weighted by Gasteiger charge is -2.35. The summed E-state index contributed by atoms with van der Waals surface area (Å²) in [6.07, 6.45) is 1.18. The van der Waals surface area contributed by atoms with Crippen molar-refractivity contribution < 1.29 is 4.79 Å². The Morgan fingerprint density at radius 1 is 1.12 bits per heavy atom. The monoisotopic (exact) mass is 392 g/mol. The molecule has 1 saturated heterocycles. The topological polar surface area (TPSA) is 89.1 Å². The van der Waals surface area contributed by atoms with Crippen molar-refractivity contribution in [2.45, 2.75) is 6.42 Å². The molecule has 0 unspecified atom stereocenters. The SMILES string of the molecule is N=Cn1nc(N2CCN(C(=O)Cc3c(Cl)cccc3Cl)CC2)ccc1=N. The Morgan fingerprint density at radius 3 is 2.38 bits per heavy atom. The number of benzene rings is 1. The number of rotatable bonds is 4. The van der Waals surface area contributed by atoms with E-state index in [0.29, 0.717) is 47.6 Å². The first-order chi connectivity index (χ1) is 12.5. The number of carbonyl (C=O) groups is 1. The van der Waals surface area contributed by atoms with E-state index in [9.17, 15) is 4.79 Å². The fourth-order valence-corrected chi connectivity index (χ4v) is 3.37. The van der Waals surface area contributed by atoms with Crippen LogP contribution in [0, 0.1) is 10.8 Å². The molecule has 0 spiro atoms. The van der Waals surface area contributed by atoms with E-state index < -0.39 is 0 Å². The van der Waals surface area contributed by atoms with Crippen LogP contribution in [0.15, 0.2) is 30.3 Å². The van der Waals surface area contributed by atoms with E-state index in [1.54, 1.807) is 35.2 Å². The number of hydrogen-bond acceptors (Lipinski definition) is 5. The molecule has 0 aliphatic carbocycles. The zero-order chi connectivity index (χ0) is 18.7. The molecule has 26 heavy (non-hydrogen) atoms. The second kappa shape index (κ2) is 7.88. The molecule has 3 rings (SSSR count). The Balaban J connectivity index is 1.64. The summed E-state index contributed by atoms with van der Waals surface area (Å²) in [6.45, 7) is 2.39. The smallest absolute Gasteiger partial charge is 0.227 e. The number of hydrogen-bond donors (Lipinski definition) is 2. The Kier molecular flexibility index (Phi) is 5.58. The van der Waals surface area contributed by atoms with E-state index in [0.717, 1.165) is 6.34 Å². The Morgan fingerprint density at radius 2 is 1.77 bits per heavy atom. The maximum atomic E-state index is 12.6. The number of carbonyl (C=O) groups excluding carboxylic acids is 1. The normalized spacial score (nSPS) is 14.4. The van der Waals surface area contributed by atoms with Gasteiger partial charge in [0, 0.05) is 36.2 Å². The van der Waals surface area contributed by atoms with Crippen molar-refractivity contribution in [2.75, 3.05) is 31.1 Å². The van der Waals surface area contributed by atoms with Crippen molar-refractivity contribution in [2.24, 2.45) is 0 Å². The Hall–Kier alpha value is -2.38. The first kappa shape index (κ1) is 18.4. The average molecular weight is 393 g/mol. The molecule has 0 bridgehead atoms. The van der Waals surface area contributed by atoms with Crippen molar-refractivity contribution in [1.29, 1.82) is 10.8 Å². The van der Waals surface area contributed by atoms with Crippen LogP contribution in [0.25, 0.3) is 0 Å². The predicted molar refractivity (Wildman–Crippen MR) is 101 cm³/mol. The van der Waals surface area contributed by atoms with Crippen molar-refractivity contribution in [1.82, 2.24) is 14.7 Å². The Bertz CT molecular complexity index is 869. The van der Waals surface area contributed by atoms with E-state index in [1.807, 2.05) is 4.90 Å². The van der Waals surface area contributed by atoms with Gasteiger partial charge in [0.25, 0.3) is 0 Å². The van der Waals surface area contributed by atoms with Crippen molar-refractivity contribution in [3.8, 4) is 0 Å². The zero-order valence-electron chi connectivity index (χ0n) is 14.0. The number of aromatic nitrogens is 2. The summed E-state index contributed by atoms with van der Waals surface area (Å²) in [4.78, 5) is 16.4. The lowest BCUT2D eigenvalue weighted by atomic mass is 10.1. The van der Waals surface area contributed by atoms with Crippen LogP contribution < -0.4 is 10.4 Å². The molecule has 2 N–H and O–H groups in total. The van der Waals surface area contributed by atoms with Gasteiger partial charge in [-0.1, -0.05) is 29.3 Å². The molecular weight excluding hydrogens is 375 g/mol. The highest BCUT2D eigenvalue weighted by Crippen LogP contribution is 2.25. The molecule has 9 heteroatoms. The van der Waals surface area contributed by atoms with E-state index in [2.05, 4.69) is 5.10 Å². The molecule has 0 saturated carbocycles. The average Bonchev–Trinajstić information content (AvgIpc) is 2.65. The third-order valence-electron chi connectivity index (χ3n) is 4.32. The van der Waals surface area contributed by atoms with Crippen LogP contribution in [0.1, 0.15) is 5.56 Å². The van der Waals surface area contributed by atoms with Gasteiger partial charge in [-0.25, -0.2) is 4.68 Å². The van der Waals surface area contributed by atoms with Gasteiger partial charge in [-0.15, -0.1) is 5.10 Å². The number of nitrogens with one attached hydrogen (secondary N) is 2. The highest BCUT2D eigenvalue weighted by molar-refractivity contribution is 6.36. The summed E-state index contributed by atoms with van der Waals surface area (Å²) in [5, 5.41) is 20.2. The van der Waals surface area contributed by atoms with E-state index >= 15 is 0 Å². The molecule has 1 aromatic heterocycles. The van der Waals surface area contributed by atoms with Crippen LogP contribution in [-0.2, 0) is 11.2 Å². The van der Waals surface area contributed by atoms with Crippen LogP contribution in [-0.4, -0.2) is 53.1 Å². The van der Waals surface area contributed by atoms with Crippen LogP contribution in [0.2, 0.25) is 10.0 Å². The Labute approximate surface area is 160 Å². The highest BCUT2D eigenvalue weighted by Gasteiger charge is 2.23. The fourth-order valence-electron chi connectivity index (χ4n) is 2.84. The minimum atomic E-state index is -0.0105.